The van der Waals surface area contributed by atoms with Gasteiger partial charge in [-0.15, -0.1) is 11.3 Å². The van der Waals surface area contributed by atoms with Crippen LogP contribution in [0.1, 0.15) is 29.5 Å². The molecule has 0 radical (unpaired) electrons. The second-order valence-electron chi connectivity index (χ2n) is 5.91. The number of carbonyl (C=O) groups is 1. The SMILES string of the molecule is C[C@@H]1Cc2cc(-c3csc(NC(=O)c4ccn(C(F)F)n4)n3)ccc2O1. The molecule has 2 aromatic heterocycles. The predicted octanol–water partition coefficient (Wildman–Crippen LogP) is 3.98. The first-order valence-electron chi connectivity index (χ1n) is 7.90. The summed E-state index contributed by atoms with van der Waals surface area (Å²) in [5.74, 6) is 0.307. The van der Waals surface area contributed by atoms with Crippen molar-refractivity contribution in [3.8, 4) is 17.0 Å². The lowest BCUT2D eigenvalue weighted by atomic mass is 10.1. The molecule has 1 amide bonds. The number of ether oxygens (including phenoxy) is 1. The summed E-state index contributed by atoms with van der Waals surface area (Å²) in [6.45, 7) is -0.763. The number of fused-ring (bicyclic) bond motifs is 1. The molecule has 0 aliphatic carbocycles. The third-order valence-electron chi connectivity index (χ3n) is 3.96. The Morgan fingerprint density at radius 3 is 3.04 bits per heavy atom. The fourth-order valence-corrected chi connectivity index (χ4v) is 3.49. The number of anilines is 1. The van der Waals surface area contributed by atoms with E-state index < -0.39 is 12.5 Å². The number of hydrogen-bond acceptors (Lipinski definition) is 5. The molecule has 0 unspecified atom stereocenters. The van der Waals surface area contributed by atoms with Gasteiger partial charge in [0.1, 0.15) is 11.9 Å². The van der Waals surface area contributed by atoms with E-state index in [4.69, 9.17) is 4.74 Å². The first kappa shape index (κ1) is 16.6. The lowest BCUT2D eigenvalue weighted by Gasteiger charge is -2.02. The standard InChI is InChI=1S/C17H14F2N4O2S/c1-9-6-11-7-10(2-3-14(11)25-9)13-8-26-17(20-13)21-15(24)12-4-5-23(22-12)16(18)19/h2-5,7-9,16H,6H2,1H3,(H,20,21,24)/t9-/m1/s1. The topological polar surface area (TPSA) is 69.0 Å². The summed E-state index contributed by atoms with van der Waals surface area (Å²) in [5, 5.41) is 8.32. The van der Waals surface area contributed by atoms with Gasteiger partial charge in [0, 0.05) is 23.6 Å². The minimum Gasteiger partial charge on any atom is -0.490 e. The minimum atomic E-state index is -2.78. The molecule has 3 aromatic rings. The van der Waals surface area contributed by atoms with Crippen LogP contribution >= 0.6 is 11.3 Å². The molecule has 26 heavy (non-hydrogen) atoms. The van der Waals surface area contributed by atoms with Crippen LogP contribution in [0.2, 0.25) is 0 Å². The van der Waals surface area contributed by atoms with Gasteiger partial charge in [-0.25, -0.2) is 9.67 Å². The van der Waals surface area contributed by atoms with Gasteiger partial charge in [-0.3, -0.25) is 10.1 Å². The zero-order chi connectivity index (χ0) is 18.3. The van der Waals surface area contributed by atoms with Crippen LogP contribution in [0.5, 0.6) is 5.75 Å². The normalized spacial score (nSPS) is 15.8. The van der Waals surface area contributed by atoms with Crippen molar-refractivity contribution in [2.24, 2.45) is 0 Å². The Bertz CT molecular complexity index is 969. The van der Waals surface area contributed by atoms with Crippen molar-refractivity contribution in [1.82, 2.24) is 14.8 Å². The minimum absolute atomic E-state index is 0.0919. The summed E-state index contributed by atoms with van der Waals surface area (Å²) >= 11 is 1.26. The fourth-order valence-electron chi connectivity index (χ4n) is 2.77. The van der Waals surface area contributed by atoms with Crippen LogP contribution in [-0.4, -0.2) is 26.8 Å². The van der Waals surface area contributed by atoms with Crippen molar-refractivity contribution in [3.05, 3.63) is 47.1 Å². The first-order valence-corrected chi connectivity index (χ1v) is 8.77. The highest BCUT2D eigenvalue weighted by Crippen LogP contribution is 2.33. The van der Waals surface area contributed by atoms with Gasteiger partial charge >= 0.3 is 6.55 Å². The van der Waals surface area contributed by atoms with E-state index in [1.54, 1.807) is 0 Å². The molecule has 0 saturated heterocycles. The van der Waals surface area contributed by atoms with Crippen LogP contribution in [0, 0.1) is 0 Å². The van der Waals surface area contributed by atoms with E-state index >= 15 is 0 Å². The van der Waals surface area contributed by atoms with Gasteiger partial charge in [0.25, 0.3) is 5.91 Å². The highest BCUT2D eigenvalue weighted by Gasteiger charge is 2.20. The Kier molecular flexibility index (Phi) is 4.15. The number of nitrogens with zero attached hydrogens (tertiary/aromatic N) is 3. The lowest BCUT2D eigenvalue weighted by Crippen LogP contribution is -2.13. The van der Waals surface area contributed by atoms with Crippen molar-refractivity contribution in [3.63, 3.8) is 0 Å². The highest BCUT2D eigenvalue weighted by atomic mass is 32.1. The van der Waals surface area contributed by atoms with Crippen LogP contribution in [0.15, 0.2) is 35.8 Å². The van der Waals surface area contributed by atoms with E-state index in [1.165, 1.54) is 17.4 Å². The molecule has 0 saturated carbocycles. The molecule has 1 aliphatic heterocycles. The molecule has 6 nitrogen and oxygen atoms in total. The van der Waals surface area contributed by atoms with Crippen LogP contribution < -0.4 is 10.1 Å². The number of carbonyl (C=O) groups excluding carboxylic acids is 1. The van der Waals surface area contributed by atoms with Gasteiger partial charge in [0.2, 0.25) is 0 Å². The maximum atomic E-state index is 12.5. The number of hydrogen-bond donors (Lipinski definition) is 1. The highest BCUT2D eigenvalue weighted by molar-refractivity contribution is 7.14. The van der Waals surface area contributed by atoms with Gasteiger partial charge in [0.05, 0.1) is 5.69 Å². The van der Waals surface area contributed by atoms with E-state index in [9.17, 15) is 13.6 Å². The number of alkyl halides is 2. The number of rotatable bonds is 4. The molecule has 3 heterocycles. The molecule has 1 aromatic carbocycles. The van der Waals surface area contributed by atoms with Crippen molar-refractivity contribution in [2.75, 3.05) is 5.32 Å². The second kappa shape index (κ2) is 6.49. The average molecular weight is 376 g/mol. The summed E-state index contributed by atoms with van der Waals surface area (Å²) in [5.41, 5.74) is 2.70. The quantitative estimate of drug-likeness (QED) is 0.748. The molecule has 0 fully saturated rings. The predicted molar refractivity (Wildman–Crippen MR) is 92.8 cm³/mol. The molecule has 0 spiro atoms. The van der Waals surface area contributed by atoms with Crippen molar-refractivity contribution < 1.29 is 18.3 Å². The lowest BCUT2D eigenvalue weighted by molar-refractivity contribution is 0.0561. The Hall–Kier alpha value is -2.81. The molecular weight excluding hydrogens is 362 g/mol. The van der Waals surface area contributed by atoms with Crippen molar-refractivity contribution >= 4 is 22.4 Å². The molecule has 1 N–H and O–H groups in total. The van der Waals surface area contributed by atoms with Gasteiger partial charge in [-0.1, -0.05) is 0 Å². The Balaban J connectivity index is 1.49. The van der Waals surface area contributed by atoms with Crippen LogP contribution in [0.4, 0.5) is 13.9 Å². The van der Waals surface area contributed by atoms with Crippen molar-refractivity contribution in [2.45, 2.75) is 26.0 Å². The maximum Gasteiger partial charge on any atom is 0.333 e. The summed E-state index contributed by atoms with van der Waals surface area (Å²) in [6.07, 6.45) is 2.07. The van der Waals surface area contributed by atoms with E-state index in [1.807, 2.05) is 30.5 Å². The summed E-state index contributed by atoms with van der Waals surface area (Å²) in [4.78, 5) is 16.5. The number of amides is 1. The second-order valence-corrected chi connectivity index (χ2v) is 6.76. The van der Waals surface area contributed by atoms with Crippen LogP contribution in [0.3, 0.4) is 0 Å². The van der Waals surface area contributed by atoms with Gasteiger partial charge in [0.15, 0.2) is 10.8 Å². The zero-order valence-electron chi connectivity index (χ0n) is 13.6. The average Bonchev–Trinajstić information content (AvgIpc) is 3.32. The number of halogens is 2. The monoisotopic (exact) mass is 376 g/mol. The maximum absolute atomic E-state index is 12.5. The summed E-state index contributed by atoms with van der Waals surface area (Å²) in [7, 11) is 0. The number of benzene rings is 1. The van der Waals surface area contributed by atoms with E-state index in [2.05, 4.69) is 15.4 Å². The van der Waals surface area contributed by atoms with Crippen LogP contribution in [0.25, 0.3) is 11.3 Å². The van der Waals surface area contributed by atoms with Crippen LogP contribution in [-0.2, 0) is 6.42 Å². The molecule has 1 atom stereocenters. The Labute approximate surface area is 151 Å². The third kappa shape index (κ3) is 3.17. The Morgan fingerprint density at radius 2 is 2.27 bits per heavy atom. The Morgan fingerprint density at radius 1 is 1.42 bits per heavy atom. The molecule has 9 heteroatoms. The van der Waals surface area contributed by atoms with Gasteiger partial charge < -0.3 is 4.74 Å². The number of nitrogens with one attached hydrogen (secondary N) is 1. The molecular formula is C17H14F2N4O2S. The fraction of sp³-hybridized carbons (Fsp3) is 0.235. The van der Waals surface area contributed by atoms with E-state index in [0.717, 1.165) is 35.2 Å². The number of aromatic nitrogens is 3. The molecule has 0 bridgehead atoms. The summed E-state index contributed by atoms with van der Waals surface area (Å²) in [6, 6.07) is 7.10. The first-order chi connectivity index (χ1) is 12.5. The number of thiazole rings is 1. The zero-order valence-corrected chi connectivity index (χ0v) is 14.5. The van der Waals surface area contributed by atoms with Gasteiger partial charge in [-0.05, 0) is 36.8 Å². The molecule has 134 valence electrons. The molecule has 1 aliphatic rings. The largest absolute Gasteiger partial charge is 0.490 e. The van der Waals surface area contributed by atoms with E-state index in [-0.39, 0.29) is 11.8 Å². The smallest absolute Gasteiger partial charge is 0.333 e. The molecule has 4 rings (SSSR count). The van der Waals surface area contributed by atoms with E-state index in [0.29, 0.717) is 9.81 Å². The van der Waals surface area contributed by atoms with Gasteiger partial charge in [-0.2, -0.15) is 13.9 Å². The summed E-state index contributed by atoms with van der Waals surface area (Å²) < 4.78 is 31.2. The third-order valence-corrected chi connectivity index (χ3v) is 4.72. The van der Waals surface area contributed by atoms with Crippen molar-refractivity contribution in [1.29, 1.82) is 0 Å².